The summed E-state index contributed by atoms with van der Waals surface area (Å²) in [5, 5.41) is 9.20. The highest BCUT2D eigenvalue weighted by molar-refractivity contribution is 9.12. The molecule has 0 unspecified atom stereocenters. The molecule has 0 aliphatic rings. The second-order valence-electron chi connectivity index (χ2n) is 3.92. The Hall–Kier alpha value is -1.61. The molecule has 1 N–H and O–H groups in total. The van der Waals surface area contributed by atoms with Gasteiger partial charge in [-0.1, -0.05) is 34.2 Å². The number of phenols is 1. The van der Waals surface area contributed by atoms with Crippen molar-refractivity contribution in [2.75, 3.05) is 0 Å². The van der Waals surface area contributed by atoms with E-state index in [1.807, 2.05) is 6.92 Å². The van der Waals surface area contributed by atoms with Crippen molar-refractivity contribution in [2.45, 2.75) is 13.8 Å². The van der Waals surface area contributed by atoms with E-state index in [1.165, 1.54) is 12.1 Å². The minimum Gasteiger partial charge on any atom is -0.508 e. The second-order valence-corrected chi connectivity index (χ2v) is 4.77. The molecule has 0 aromatic heterocycles. The highest BCUT2D eigenvalue weighted by atomic mass is 79.9. The quantitative estimate of drug-likeness (QED) is 0.509. The predicted molar refractivity (Wildman–Crippen MR) is 78.0 cm³/mol. The average molecular weight is 307 g/mol. The van der Waals surface area contributed by atoms with Gasteiger partial charge < -0.3 is 5.11 Å². The molecule has 0 atom stereocenters. The van der Waals surface area contributed by atoms with Crippen LogP contribution >= 0.6 is 15.9 Å². The average Bonchev–Trinajstić information content (AvgIpc) is 2.29. The molecule has 1 rings (SSSR count). The lowest BCUT2D eigenvalue weighted by Gasteiger charge is -2.06. The molecule has 18 heavy (non-hydrogen) atoms. The molecular weight excluding hydrogens is 292 g/mol. The van der Waals surface area contributed by atoms with Gasteiger partial charge in [-0.3, -0.25) is 4.79 Å². The van der Waals surface area contributed by atoms with Gasteiger partial charge in [0.25, 0.3) is 0 Å². The van der Waals surface area contributed by atoms with Crippen LogP contribution in [0.5, 0.6) is 5.75 Å². The van der Waals surface area contributed by atoms with Gasteiger partial charge >= 0.3 is 0 Å². The lowest BCUT2D eigenvalue weighted by Crippen LogP contribution is -2.03. The van der Waals surface area contributed by atoms with Crippen molar-refractivity contribution < 1.29 is 9.90 Å². The number of aromatic hydroxyl groups is 1. The highest BCUT2D eigenvalue weighted by Gasteiger charge is 2.14. The van der Waals surface area contributed by atoms with Crippen molar-refractivity contribution in [3.05, 3.63) is 64.2 Å². The molecule has 1 aromatic carbocycles. The number of rotatable bonds is 4. The molecule has 0 heterocycles. The summed E-state index contributed by atoms with van der Waals surface area (Å²) in [5.41, 5.74) is 1.97. The predicted octanol–water partition coefficient (Wildman–Crippen LogP) is 4.38. The number of Topliss-reactive ketones (excluding diaryl/α,β-unsaturated/α-hetero) is 1. The summed E-state index contributed by atoms with van der Waals surface area (Å²) < 4.78 is 0.704. The van der Waals surface area contributed by atoms with Gasteiger partial charge in [-0.2, -0.15) is 0 Å². The number of allylic oxidation sites excluding steroid dienone is 5. The first-order valence-electron chi connectivity index (χ1n) is 5.49. The summed E-state index contributed by atoms with van der Waals surface area (Å²) in [6.07, 6.45) is 3.55. The van der Waals surface area contributed by atoms with Crippen LogP contribution in [0.15, 0.2) is 58.6 Å². The number of benzene rings is 1. The van der Waals surface area contributed by atoms with E-state index in [9.17, 15) is 9.90 Å². The van der Waals surface area contributed by atoms with Gasteiger partial charge in [-0.15, -0.1) is 0 Å². The van der Waals surface area contributed by atoms with Gasteiger partial charge in [-0.05, 0) is 44.2 Å². The molecule has 0 saturated heterocycles. The van der Waals surface area contributed by atoms with Gasteiger partial charge in [0.15, 0.2) is 5.78 Å². The maximum Gasteiger partial charge on any atom is 0.193 e. The Morgan fingerprint density at radius 2 is 1.89 bits per heavy atom. The Balaban J connectivity index is 3.08. The number of ketones is 1. The van der Waals surface area contributed by atoms with Crippen LogP contribution in [-0.2, 0) is 0 Å². The topological polar surface area (TPSA) is 37.3 Å². The SMILES string of the molecule is C=C(C)/C=C(Br)\C(=C/C)C(=O)c1ccc(O)cc1. The highest BCUT2D eigenvalue weighted by Crippen LogP contribution is 2.23. The fourth-order valence-corrected chi connectivity index (χ4v) is 2.24. The van der Waals surface area contributed by atoms with Crippen LogP contribution in [-0.4, -0.2) is 10.9 Å². The van der Waals surface area contributed by atoms with E-state index in [1.54, 1.807) is 31.2 Å². The first kappa shape index (κ1) is 14.5. The molecule has 0 spiro atoms. The smallest absolute Gasteiger partial charge is 0.193 e. The molecule has 0 aliphatic carbocycles. The Bertz CT molecular complexity index is 522. The number of carbonyl (C=O) groups excluding carboxylic acids is 1. The Kier molecular flexibility index (Phi) is 5.10. The molecule has 1 aromatic rings. The first-order chi connectivity index (χ1) is 8.45. The van der Waals surface area contributed by atoms with Crippen molar-refractivity contribution in [3.63, 3.8) is 0 Å². The van der Waals surface area contributed by atoms with Crippen molar-refractivity contribution in [2.24, 2.45) is 0 Å². The molecule has 2 nitrogen and oxygen atoms in total. The standard InChI is InChI=1S/C15H15BrO2/c1-4-13(14(16)9-10(2)3)15(18)11-5-7-12(17)8-6-11/h4-9,17H,2H2,1,3H3/b13-4+,14-9+. The molecule has 0 aliphatic heterocycles. The minimum atomic E-state index is -0.0955. The normalized spacial score (nSPS) is 12.4. The van der Waals surface area contributed by atoms with Gasteiger partial charge in [-0.25, -0.2) is 0 Å². The van der Waals surface area contributed by atoms with E-state index in [0.717, 1.165) is 5.57 Å². The van der Waals surface area contributed by atoms with Crippen LogP contribution in [0.2, 0.25) is 0 Å². The Morgan fingerprint density at radius 3 is 2.33 bits per heavy atom. The van der Waals surface area contributed by atoms with Crippen LogP contribution in [0.25, 0.3) is 0 Å². The summed E-state index contributed by atoms with van der Waals surface area (Å²) in [5.74, 6) is 0.0481. The van der Waals surface area contributed by atoms with Gasteiger partial charge in [0, 0.05) is 15.6 Å². The van der Waals surface area contributed by atoms with Crippen LogP contribution < -0.4 is 0 Å². The fourth-order valence-electron chi connectivity index (χ4n) is 1.44. The summed E-state index contributed by atoms with van der Waals surface area (Å²) >= 11 is 3.38. The zero-order valence-electron chi connectivity index (χ0n) is 10.4. The maximum atomic E-state index is 12.3. The van der Waals surface area contributed by atoms with Crippen LogP contribution in [0.3, 0.4) is 0 Å². The third kappa shape index (κ3) is 3.70. The van der Waals surface area contributed by atoms with E-state index in [0.29, 0.717) is 15.6 Å². The summed E-state index contributed by atoms with van der Waals surface area (Å²) in [7, 11) is 0. The molecule has 0 amide bonds. The third-order valence-electron chi connectivity index (χ3n) is 2.29. The molecule has 0 bridgehead atoms. The van der Waals surface area contributed by atoms with Crippen molar-refractivity contribution >= 4 is 21.7 Å². The van der Waals surface area contributed by atoms with Crippen LogP contribution in [0, 0.1) is 0 Å². The zero-order chi connectivity index (χ0) is 13.7. The van der Waals surface area contributed by atoms with E-state index in [2.05, 4.69) is 22.5 Å². The van der Waals surface area contributed by atoms with E-state index < -0.39 is 0 Å². The van der Waals surface area contributed by atoms with Gasteiger partial charge in [0.05, 0.1) is 0 Å². The Labute approximate surface area is 115 Å². The van der Waals surface area contributed by atoms with Gasteiger partial charge in [0.2, 0.25) is 0 Å². The van der Waals surface area contributed by atoms with Gasteiger partial charge in [0.1, 0.15) is 5.75 Å². The second kappa shape index (κ2) is 6.36. The number of hydrogen-bond acceptors (Lipinski definition) is 2. The number of hydrogen-bond donors (Lipinski definition) is 1. The number of halogens is 1. The summed E-state index contributed by atoms with van der Waals surface area (Å²) in [6.45, 7) is 7.44. The Morgan fingerprint density at radius 1 is 1.33 bits per heavy atom. The summed E-state index contributed by atoms with van der Waals surface area (Å²) in [4.78, 5) is 12.3. The van der Waals surface area contributed by atoms with E-state index in [-0.39, 0.29) is 11.5 Å². The lowest BCUT2D eigenvalue weighted by atomic mass is 10.0. The maximum absolute atomic E-state index is 12.3. The number of phenolic OH excluding ortho intramolecular Hbond substituents is 1. The van der Waals surface area contributed by atoms with Crippen molar-refractivity contribution in [1.29, 1.82) is 0 Å². The van der Waals surface area contributed by atoms with Crippen molar-refractivity contribution in [3.8, 4) is 5.75 Å². The first-order valence-corrected chi connectivity index (χ1v) is 6.28. The lowest BCUT2D eigenvalue weighted by molar-refractivity contribution is 0.103. The largest absolute Gasteiger partial charge is 0.508 e. The van der Waals surface area contributed by atoms with Crippen LogP contribution in [0.4, 0.5) is 0 Å². The molecule has 94 valence electrons. The molecule has 3 heteroatoms. The zero-order valence-corrected chi connectivity index (χ0v) is 12.0. The van der Waals surface area contributed by atoms with E-state index in [4.69, 9.17) is 0 Å². The molecule has 0 fully saturated rings. The van der Waals surface area contributed by atoms with Crippen LogP contribution in [0.1, 0.15) is 24.2 Å². The summed E-state index contributed by atoms with van der Waals surface area (Å²) in [6, 6.07) is 6.19. The minimum absolute atomic E-state index is 0.0955. The number of carbonyl (C=O) groups is 1. The molecular formula is C15H15BrO2. The van der Waals surface area contributed by atoms with Crippen molar-refractivity contribution in [1.82, 2.24) is 0 Å². The van der Waals surface area contributed by atoms with E-state index >= 15 is 0 Å². The molecule has 0 radical (unpaired) electrons. The monoisotopic (exact) mass is 306 g/mol. The third-order valence-corrected chi connectivity index (χ3v) is 2.95. The fraction of sp³-hybridized carbons (Fsp3) is 0.133. The molecule has 0 saturated carbocycles.